The average Bonchev–Trinajstić information content (AvgIpc) is 2.76. The lowest BCUT2D eigenvalue weighted by Crippen LogP contribution is -2.31. The Kier molecular flexibility index (Phi) is 8.99. The van der Waals surface area contributed by atoms with Crippen molar-refractivity contribution in [2.45, 2.75) is 105 Å². The van der Waals surface area contributed by atoms with Gasteiger partial charge < -0.3 is 10.2 Å². The number of phenols is 1. The molecule has 3 heteroatoms. The summed E-state index contributed by atoms with van der Waals surface area (Å²) < 4.78 is 0. The number of benzene rings is 3. The van der Waals surface area contributed by atoms with E-state index < -0.39 is 5.97 Å². The first-order valence-electron chi connectivity index (χ1n) is 13.5. The molecule has 3 aromatic carbocycles. The average molecular weight is 517 g/mol. The number of carboxylic acid groups (broad SMARTS) is 1. The van der Waals surface area contributed by atoms with E-state index in [1.54, 1.807) is 23.3 Å². The highest BCUT2D eigenvalue weighted by Crippen LogP contribution is 2.45. The third-order valence-electron chi connectivity index (χ3n) is 6.64. The summed E-state index contributed by atoms with van der Waals surface area (Å²) in [7, 11) is 0. The van der Waals surface area contributed by atoms with Crippen LogP contribution in [0, 0.1) is 0 Å². The van der Waals surface area contributed by atoms with Crippen molar-refractivity contribution < 1.29 is 15.0 Å². The first-order valence-corrected chi connectivity index (χ1v) is 13.5. The molecular formula is C35H48O3. The molecule has 0 aromatic heterocycles. The van der Waals surface area contributed by atoms with E-state index in [0.717, 1.165) is 5.56 Å². The van der Waals surface area contributed by atoms with Crippen LogP contribution in [0.3, 0.4) is 0 Å². The monoisotopic (exact) mass is 516 g/mol. The Morgan fingerprint density at radius 2 is 1.00 bits per heavy atom. The predicted molar refractivity (Wildman–Crippen MR) is 162 cm³/mol. The van der Waals surface area contributed by atoms with Gasteiger partial charge in [0.1, 0.15) is 5.75 Å². The molecular weight excluding hydrogens is 468 g/mol. The number of carbonyl (C=O) groups is 1. The first kappa shape index (κ1) is 31.1. The Morgan fingerprint density at radius 1 is 0.579 bits per heavy atom. The molecule has 0 heterocycles. The van der Waals surface area contributed by atoms with Crippen molar-refractivity contribution in [3.05, 3.63) is 88.5 Å². The minimum absolute atomic E-state index is 0.0591. The van der Waals surface area contributed by atoms with Gasteiger partial charge in [-0.05, 0) is 73.2 Å². The molecule has 38 heavy (non-hydrogen) atoms. The SMILES string of the molecule is CC(C)(C)c1ccc(C(C)(C)C)c(C(C)(C)C)c1C(C)(C)C.O=C(O)c1ccc(O)cc1-c1ccccc1. The van der Waals surface area contributed by atoms with Crippen LogP contribution in [0.15, 0.2) is 60.7 Å². The van der Waals surface area contributed by atoms with Gasteiger partial charge >= 0.3 is 5.97 Å². The van der Waals surface area contributed by atoms with Gasteiger partial charge in [0.05, 0.1) is 5.56 Å². The van der Waals surface area contributed by atoms with Gasteiger partial charge in [0, 0.05) is 0 Å². The molecule has 0 aliphatic heterocycles. The molecule has 0 radical (unpaired) electrons. The van der Waals surface area contributed by atoms with E-state index in [2.05, 4.69) is 95.2 Å². The molecule has 0 atom stereocenters. The Morgan fingerprint density at radius 3 is 1.34 bits per heavy atom. The maximum Gasteiger partial charge on any atom is 0.336 e. The van der Waals surface area contributed by atoms with Crippen molar-refractivity contribution in [2.24, 2.45) is 0 Å². The summed E-state index contributed by atoms with van der Waals surface area (Å²) in [6.07, 6.45) is 0. The Bertz CT molecular complexity index is 1200. The first-order chi connectivity index (χ1) is 17.2. The van der Waals surface area contributed by atoms with Crippen molar-refractivity contribution >= 4 is 5.97 Å². The highest BCUT2D eigenvalue weighted by atomic mass is 16.4. The summed E-state index contributed by atoms with van der Waals surface area (Å²) in [5.74, 6) is -0.942. The highest BCUT2D eigenvalue weighted by molar-refractivity contribution is 5.96. The van der Waals surface area contributed by atoms with Crippen molar-refractivity contribution in [1.29, 1.82) is 0 Å². The summed E-state index contributed by atoms with van der Waals surface area (Å²) in [5, 5.41) is 18.4. The van der Waals surface area contributed by atoms with Gasteiger partial charge in [-0.25, -0.2) is 4.79 Å². The van der Waals surface area contributed by atoms with Crippen LogP contribution in [0.1, 0.15) is 116 Å². The van der Waals surface area contributed by atoms with Gasteiger partial charge in [0.25, 0.3) is 0 Å². The van der Waals surface area contributed by atoms with Crippen LogP contribution >= 0.6 is 0 Å². The van der Waals surface area contributed by atoms with Gasteiger partial charge in [0.2, 0.25) is 0 Å². The third-order valence-corrected chi connectivity index (χ3v) is 6.64. The molecule has 0 aliphatic rings. The summed E-state index contributed by atoms with van der Waals surface area (Å²) in [6.45, 7) is 28.2. The fourth-order valence-electron chi connectivity index (χ4n) is 4.99. The second kappa shape index (κ2) is 11.0. The minimum Gasteiger partial charge on any atom is -0.508 e. The lowest BCUT2D eigenvalue weighted by Gasteiger charge is -2.40. The molecule has 0 unspecified atom stereocenters. The van der Waals surface area contributed by atoms with Gasteiger partial charge in [-0.3, -0.25) is 0 Å². The largest absolute Gasteiger partial charge is 0.508 e. The molecule has 0 spiro atoms. The van der Waals surface area contributed by atoms with Crippen LogP contribution in [-0.2, 0) is 21.7 Å². The van der Waals surface area contributed by atoms with Crippen molar-refractivity contribution in [2.75, 3.05) is 0 Å². The summed E-state index contributed by atoms with van der Waals surface area (Å²) in [5.41, 5.74) is 8.21. The standard InChI is InChI=1S/C22H38.C13H10O3/c1-19(2,3)15-13-14-16(20(4,5)6)18(22(10,11)12)17(15)21(7,8)9;14-10-6-7-11(13(15)16)12(8-10)9-4-2-1-3-5-9/h13-14H,1-12H3;1-8,14H,(H,15,16). The minimum atomic E-state index is -1.00. The Balaban J connectivity index is 0.000000279. The van der Waals surface area contributed by atoms with E-state index in [1.165, 1.54) is 29.3 Å². The van der Waals surface area contributed by atoms with Gasteiger partial charge in [-0.1, -0.05) is 126 Å². The second-order valence-corrected chi connectivity index (χ2v) is 14.3. The molecule has 0 saturated heterocycles. The van der Waals surface area contributed by atoms with E-state index >= 15 is 0 Å². The third kappa shape index (κ3) is 7.49. The zero-order valence-electron chi connectivity index (χ0n) is 25.6. The molecule has 0 aliphatic carbocycles. The van der Waals surface area contributed by atoms with E-state index in [9.17, 15) is 9.90 Å². The van der Waals surface area contributed by atoms with Gasteiger partial charge in [0.15, 0.2) is 0 Å². The molecule has 0 saturated carbocycles. The van der Waals surface area contributed by atoms with Crippen molar-refractivity contribution in [1.82, 2.24) is 0 Å². The van der Waals surface area contributed by atoms with Crippen LogP contribution in [0.25, 0.3) is 11.1 Å². The fraction of sp³-hybridized carbons (Fsp3) is 0.457. The number of aromatic hydroxyl groups is 1. The fourth-order valence-corrected chi connectivity index (χ4v) is 4.99. The maximum absolute atomic E-state index is 11.0. The van der Waals surface area contributed by atoms with Crippen LogP contribution in [-0.4, -0.2) is 16.2 Å². The van der Waals surface area contributed by atoms with Crippen LogP contribution in [0.4, 0.5) is 0 Å². The molecule has 3 nitrogen and oxygen atoms in total. The second-order valence-electron chi connectivity index (χ2n) is 14.3. The lowest BCUT2D eigenvalue weighted by atomic mass is 9.64. The zero-order valence-corrected chi connectivity index (χ0v) is 25.6. The zero-order chi connectivity index (χ0) is 29.3. The quantitative estimate of drug-likeness (QED) is 0.356. The lowest BCUT2D eigenvalue weighted by molar-refractivity contribution is 0.0697. The summed E-state index contributed by atoms with van der Waals surface area (Å²) in [4.78, 5) is 11.0. The Labute approximate surface area is 231 Å². The van der Waals surface area contributed by atoms with E-state index in [4.69, 9.17) is 5.11 Å². The molecule has 206 valence electrons. The topological polar surface area (TPSA) is 57.5 Å². The van der Waals surface area contributed by atoms with Gasteiger partial charge in [-0.2, -0.15) is 0 Å². The molecule has 0 amide bonds. The van der Waals surface area contributed by atoms with Crippen LogP contribution in [0.2, 0.25) is 0 Å². The normalized spacial score (nSPS) is 12.5. The van der Waals surface area contributed by atoms with Gasteiger partial charge in [-0.15, -0.1) is 0 Å². The number of hydrogen-bond donors (Lipinski definition) is 2. The molecule has 3 rings (SSSR count). The number of aromatic carboxylic acids is 1. The van der Waals surface area contributed by atoms with Crippen LogP contribution in [0.5, 0.6) is 5.75 Å². The summed E-state index contributed by atoms with van der Waals surface area (Å²) in [6, 6.07) is 18.1. The van der Waals surface area contributed by atoms with Crippen molar-refractivity contribution in [3.63, 3.8) is 0 Å². The number of hydrogen-bond acceptors (Lipinski definition) is 2. The number of carboxylic acids is 1. The predicted octanol–water partition coefficient (Wildman–Crippen LogP) is 9.63. The maximum atomic E-state index is 11.0. The number of rotatable bonds is 2. The van der Waals surface area contributed by atoms with E-state index in [-0.39, 0.29) is 33.0 Å². The number of phenolic OH excluding ortho intramolecular Hbond substituents is 1. The molecule has 2 N–H and O–H groups in total. The van der Waals surface area contributed by atoms with Crippen LogP contribution < -0.4 is 0 Å². The summed E-state index contributed by atoms with van der Waals surface area (Å²) >= 11 is 0. The molecule has 3 aromatic rings. The van der Waals surface area contributed by atoms with Crippen molar-refractivity contribution in [3.8, 4) is 16.9 Å². The highest BCUT2D eigenvalue weighted by Gasteiger charge is 2.35. The Hall–Kier alpha value is -3.07. The molecule has 0 fully saturated rings. The van der Waals surface area contributed by atoms with E-state index in [1.807, 2.05) is 18.2 Å². The van der Waals surface area contributed by atoms with E-state index in [0.29, 0.717) is 5.56 Å². The smallest absolute Gasteiger partial charge is 0.336 e. The molecule has 0 bridgehead atoms.